The van der Waals surface area contributed by atoms with E-state index in [0.29, 0.717) is 28.3 Å². The maximum atomic E-state index is 13.6. The summed E-state index contributed by atoms with van der Waals surface area (Å²) < 4.78 is 29.4. The molecule has 3 amide bonds. The lowest BCUT2D eigenvalue weighted by atomic mass is 10.2. The third-order valence-electron chi connectivity index (χ3n) is 5.36. The van der Waals surface area contributed by atoms with E-state index >= 15 is 0 Å². The molecule has 3 N–H and O–H groups in total. The first-order valence-corrected chi connectivity index (χ1v) is 12.5. The summed E-state index contributed by atoms with van der Waals surface area (Å²) in [7, 11) is 1.43. The van der Waals surface area contributed by atoms with Crippen LogP contribution >= 0.6 is 0 Å². The molecule has 0 fully saturated rings. The number of benzene rings is 3. The van der Waals surface area contributed by atoms with Gasteiger partial charge in [0.05, 0.1) is 31.2 Å². The summed E-state index contributed by atoms with van der Waals surface area (Å²) >= 11 is 0. The van der Waals surface area contributed by atoms with E-state index in [4.69, 9.17) is 14.2 Å². The van der Waals surface area contributed by atoms with Gasteiger partial charge in [-0.3, -0.25) is 14.4 Å². The van der Waals surface area contributed by atoms with Crippen molar-refractivity contribution >= 4 is 41.3 Å². The number of amides is 3. The Morgan fingerprint density at radius 2 is 1.61 bits per heavy atom. The number of nitrogens with zero attached hydrogens (tertiary/aromatic N) is 1. The van der Waals surface area contributed by atoms with E-state index in [1.165, 1.54) is 31.5 Å². The monoisotopic (exact) mass is 564 g/mol. The summed E-state index contributed by atoms with van der Waals surface area (Å²) in [6, 6.07) is 16.8. The molecule has 214 valence electrons. The molecule has 0 radical (unpaired) electrons. The van der Waals surface area contributed by atoms with Crippen LogP contribution in [-0.4, -0.2) is 50.2 Å². The summed E-state index contributed by atoms with van der Waals surface area (Å²) in [6.07, 6.45) is 1.07. The van der Waals surface area contributed by atoms with Crippen LogP contribution in [-0.2, 0) is 19.1 Å². The van der Waals surface area contributed by atoms with Gasteiger partial charge in [-0.25, -0.2) is 14.6 Å². The van der Waals surface area contributed by atoms with Gasteiger partial charge in [-0.15, -0.1) is 0 Å². The zero-order valence-corrected chi connectivity index (χ0v) is 22.4. The fourth-order valence-electron chi connectivity index (χ4n) is 3.37. The number of hydrazone groups is 1. The molecule has 0 saturated heterocycles. The van der Waals surface area contributed by atoms with Gasteiger partial charge in [-0.05, 0) is 67.1 Å². The highest BCUT2D eigenvalue weighted by Crippen LogP contribution is 2.27. The third-order valence-corrected chi connectivity index (χ3v) is 5.36. The number of para-hydroxylation sites is 1. The highest BCUT2D eigenvalue weighted by atomic mass is 19.1. The average Bonchev–Trinajstić information content (AvgIpc) is 2.97. The molecule has 0 aromatic heterocycles. The van der Waals surface area contributed by atoms with E-state index in [1.54, 1.807) is 55.5 Å². The normalized spacial score (nSPS) is 10.5. The van der Waals surface area contributed by atoms with Crippen LogP contribution in [0.2, 0.25) is 0 Å². The Hall–Kier alpha value is -5.26. The summed E-state index contributed by atoms with van der Waals surface area (Å²) in [6.45, 7) is 1.68. The molecule has 0 atom stereocenters. The van der Waals surface area contributed by atoms with Crippen LogP contribution in [0.3, 0.4) is 0 Å². The second kappa shape index (κ2) is 15.4. The number of hydrogen-bond acceptors (Lipinski definition) is 8. The highest BCUT2D eigenvalue weighted by Gasteiger charge is 2.11. The second-order valence-electron chi connectivity index (χ2n) is 8.37. The summed E-state index contributed by atoms with van der Waals surface area (Å²) in [5, 5.41) is 8.94. The Morgan fingerprint density at radius 3 is 2.32 bits per heavy atom. The van der Waals surface area contributed by atoms with Crippen LogP contribution in [0.1, 0.15) is 35.7 Å². The molecule has 0 bridgehead atoms. The number of nitrogens with one attached hydrogen (secondary N) is 3. The van der Waals surface area contributed by atoms with Crippen LogP contribution in [0.4, 0.5) is 15.8 Å². The van der Waals surface area contributed by atoms with Gasteiger partial charge in [0.25, 0.3) is 5.91 Å². The van der Waals surface area contributed by atoms with E-state index < -0.39 is 29.5 Å². The molecule has 0 saturated carbocycles. The van der Waals surface area contributed by atoms with Crippen LogP contribution < -0.4 is 25.5 Å². The predicted octanol–water partition coefficient (Wildman–Crippen LogP) is 3.90. The van der Waals surface area contributed by atoms with Gasteiger partial charge >= 0.3 is 5.97 Å². The van der Waals surface area contributed by atoms with E-state index in [9.17, 15) is 23.6 Å². The lowest BCUT2D eigenvalue weighted by Gasteiger charge is -2.11. The standard InChI is InChI=1S/C29H29FN4O7/c1-3-40-29(38)20-9-11-21(12-10-20)32-28(37)18-41-24-13-8-19(16-25(24)39-2)17-31-34-27(36)15-14-26(35)33-23-7-5-4-6-22(23)30/h4-13,16-17H,3,14-15,18H2,1-2H3,(H,32,37)(H,33,35)(H,34,36). The molecule has 0 aliphatic rings. The Morgan fingerprint density at radius 1 is 0.878 bits per heavy atom. The molecule has 41 heavy (non-hydrogen) atoms. The van der Waals surface area contributed by atoms with Crippen LogP contribution in [0.25, 0.3) is 0 Å². The molecule has 3 aromatic carbocycles. The Labute approximate surface area is 235 Å². The molecular formula is C29H29FN4O7. The molecule has 0 aliphatic carbocycles. The first-order chi connectivity index (χ1) is 19.8. The van der Waals surface area contributed by atoms with Crippen molar-refractivity contribution in [1.29, 1.82) is 0 Å². The molecule has 0 heterocycles. The van der Waals surface area contributed by atoms with E-state index in [-0.39, 0.29) is 31.7 Å². The minimum atomic E-state index is -0.565. The zero-order valence-electron chi connectivity index (χ0n) is 22.4. The van der Waals surface area contributed by atoms with Gasteiger partial charge in [-0.2, -0.15) is 5.10 Å². The number of anilines is 2. The molecule has 12 heteroatoms. The Balaban J connectivity index is 1.44. The van der Waals surface area contributed by atoms with Crippen molar-refractivity contribution in [2.45, 2.75) is 19.8 Å². The fourth-order valence-corrected chi connectivity index (χ4v) is 3.37. The average molecular weight is 565 g/mol. The van der Waals surface area contributed by atoms with E-state index in [1.807, 2.05) is 0 Å². The van der Waals surface area contributed by atoms with Crippen molar-refractivity contribution in [3.05, 3.63) is 83.7 Å². The van der Waals surface area contributed by atoms with Gasteiger partial charge < -0.3 is 24.8 Å². The number of halogens is 1. The van der Waals surface area contributed by atoms with Crippen molar-refractivity contribution in [2.24, 2.45) is 5.10 Å². The summed E-state index contributed by atoms with van der Waals surface area (Å²) in [5.74, 6) is -1.80. The number of methoxy groups -OCH3 is 1. The smallest absolute Gasteiger partial charge is 0.338 e. The maximum absolute atomic E-state index is 13.6. The van der Waals surface area contributed by atoms with Gasteiger partial charge in [-0.1, -0.05) is 12.1 Å². The van der Waals surface area contributed by atoms with Crippen LogP contribution in [0, 0.1) is 5.82 Å². The van der Waals surface area contributed by atoms with Crippen LogP contribution in [0.15, 0.2) is 71.8 Å². The van der Waals surface area contributed by atoms with Gasteiger partial charge in [0.2, 0.25) is 11.8 Å². The molecule has 11 nitrogen and oxygen atoms in total. The minimum absolute atomic E-state index is 0.0417. The molecule has 0 aliphatic heterocycles. The van der Waals surface area contributed by atoms with Gasteiger partial charge in [0, 0.05) is 18.5 Å². The molecule has 3 rings (SSSR count). The first kappa shape index (κ1) is 30.3. The van der Waals surface area contributed by atoms with Crippen molar-refractivity contribution in [3.63, 3.8) is 0 Å². The maximum Gasteiger partial charge on any atom is 0.338 e. The number of esters is 1. The quantitative estimate of drug-likeness (QED) is 0.162. The lowest BCUT2D eigenvalue weighted by Crippen LogP contribution is -2.21. The largest absolute Gasteiger partial charge is 0.493 e. The van der Waals surface area contributed by atoms with Crippen molar-refractivity contribution in [2.75, 3.05) is 31.0 Å². The number of ether oxygens (including phenoxy) is 3. The predicted molar refractivity (Wildman–Crippen MR) is 150 cm³/mol. The number of carbonyl (C=O) groups excluding carboxylic acids is 4. The minimum Gasteiger partial charge on any atom is -0.493 e. The molecule has 3 aromatic rings. The Kier molecular flexibility index (Phi) is 11.3. The number of rotatable bonds is 13. The van der Waals surface area contributed by atoms with Crippen molar-refractivity contribution in [3.8, 4) is 11.5 Å². The highest BCUT2D eigenvalue weighted by molar-refractivity contribution is 5.94. The van der Waals surface area contributed by atoms with Crippen molar-refractivity contribution < 1.29 is 37.8 Å². The zero-order chi connectivity index (χ0) is 29.6. The Bertz CT molecular complexity index is 1410. The van der Waals surface area contributed by atoms with Gasteiger partial charge in [0.1, 0.15) is 5.82 Å². The van der Waals surface area contributed by atoms with Crippen LogP contribution in [0.5, 0.6) is 11.5 Å². The SMILES string of the molecule is CCOC(=O)c1ccc(NC(=O)COc2ccc(C=NNC(=O)CCC(=O)Nc3ccccc3F)cc2OC)cc1. The van der Waals surface area contributed by atoms with Gasteiger partial charge in [0.15, 0.2) is 18.1 Å². The van der Waals surface area contributed by atoms with E-state index in [0.717, 1.165) is 0 Å². The van der Waals surface area contributed by atoms with E-state index in [2.05, 4.69) is 21.2 Å². The third kappa shape index (κ3) is 9.77. The number of hydrogen-bond donors (Lipinski definition) is 3. The lowest BCUT2D eigenvalue weighted by molar-refractivity contribution is -0.124. The molecule has 0 unspecified atom stereocenters. The summed E-state index contributed by atoms with van der Waals surface area (Å²) in [5.41, 5.74) is 3.79. The molecular weight excluding hydrogens is 535 g/mol. The second-order valence-corrected chi connectivity index (χ2v) is 8.37. The summed E-state index contributed by atoms with van der Waals surface area (Å²) in [4.78, 5) is 48.0. The first-order valence-electron chi connectivity index (χ1n) is 12.5. The molecule has 0 spiro atoms. The topological polar surface area (TPSA) is 144 Å². The van der Waals surface area contributed by atoms with Crippen molar-refractivity contribution in [1.82, 2.24) is 5.43 Å². The fraction of sp³-hybridized carbons (Fsp3) is 0.207. The number of carbonyl (C=O) groups is 4.